The number of hydrogen-bond donors (Lipinski definition) is 0. The Balaban J connectivity index is 0. The van der Waals surface area contributed by atoms with Gasteiger partial charge in [-0.05, 0) is 11.8 Å². The van der Waals surface area contributed by atoms with Crippen LogP contribution in [0.25, 0.3) is 0 Å². The highest BCUT2D eigenvalue weighted by molar-refractivity contribution is 4.50. The first-order valence-electron chi connectivity index (χ1n) is 4.96. The molecule has 0 spiro atoms. The SMILES string of the molecule is C1CC1.CC(C)C.CC(C)C. The fourth-order valence-corrected chi connectivity index (χ4v) is 0. The van der Waals surface area contributed by atoms with E-state index >= 15 is 0 Å². The van der Waals surface area contributed by atoms with Crippen LogP contribution >= 0.6 is 0 Å². The molecule has 0 aromatic heterocycles. The summed E-state index contributed by atoms with van der Waals surface area (Å²) in [7, 11) is 0. The monoisotopic (exact) mass is 158 g/mol. The molecular formula is C11H26. The summed E-state index contributed by atoms with van der Waals surface area (Å²) in [5.74, 6) is 1.67. The van der Waals surface area contributed by atoms with E-state index in [1.807, 2.05) is 0 Å². The van der Waals surface area contributed by atoms with Crippen LogP contribution in [0.2, 0.25) is 0 Å². The van der Waals surface area contributed by atoms with Gasteiger partial charge >= 0.3 is 0 Å². The molecule has 0 aromatic rings. The van der Waals surface area contributed by atoms with Crippen molar-refractivity contribution in [1.29, 1.82) is 0 Å². The molecule has 1 aliphatic rings. The maximum absolute atomic E-state index is 2.17. The molecule has 0 N–H and O–H groups in total. The van der Waals surface area contributed by atoms with Gasteiger partial charge in [0.25, 0.3) is 0 Å². The third-order valence-electron chi connectivity index (χ3n) is 0.354. The van der Waals surface area contributed by atoms with Crippen LogP contribution in [0.3, 0.4) is 0 Å². The van der Waals surface area contributed by atoms with Crippen molar-refractivity contribution in [2.75, 3.05) is 0 Å². The van der Waals surface area contributed by atoms with Crippen molar-refractivity contribution in [3.63, 3.8) is 0 Å². The maximum atomic E-state index is 2.17. The van der Waals surface area contributed by atoms with Crippen molar-refractivity contribution >= 4 is 0 Å². The molecule has 0 atom stereocenters. The predicted octanol–water partition coefficient (Wildman–Crippen LogP) is 4.49. The molecule has 1 fully saturated rings. The Morgan fingerprint density at radius 3 is 0.636 bits per heavy atom. The molecule has 0 aliphatic heterocycles. The Morgan fingerprint density at radius 1 is 0.545 bits per heavy atom. The van der Waals surface area contributed by atoms with Gasteiger partial charge in [-0.25, -0.2) is 0 Å². The molecule has 0 radical (unpaired) electrons. The third kappa shape index (κ3) is 640. The molecule has 1 saturated carbocycles. The van der Waals surface area contributed by atoms with Crippen molar-refractivity contribution in [3.8, 4) is 0 Å². The summed E-state index contributed by atoms with van der Waals surface area (Å²) >= 11 is 0. The van der Waals surface area contributed by atoms with Crippen molar-refractivity contribution in [2.45, 2.75) is 60.8 Å². The lowest BCUT2D eigenvalue weighted by molar-refractivity contribution is 0.736. The van der Waals surface area contributed by atoms with Gasteiger partial charge in [0.2, 0.25) is 0 Å². The van der Waals surface area contributed by atoms with Crippen molar-refractivity contribution < 1.29 is 0 Å². The molecule has 0 aromatic carbocycles. The van der Waals surface area contributed by atoms with Crippen LogP contribution in [0.4, 0.5) is 0 Å². The quantitative estimate of drug-likeness (QED) is 0.487. The fraction of sp³-hybridized carbons (Fsp3) is 1.00. The van der Waals surface area contributed by atoms with Gasteiger partial charge in [-0.3, -0.25) is 0 Å². The van der Waals surface area contributed by atoms with Gasteiger partial charge in [-0.1, -0.05) is 60.8 Å². The van der Waals surface area contributed by atoms with E-state index in [-0.39, 0.29) is 0 Å². The second kappa shape index (κ2) is 10.0. The fourth-order valence-electron chi connectivity index (χ4n) is 0. The normalized spacial score (nSPS) is 13.1. The van der Waals surface area contributed by atoms with E-state index in [1.165, 1.54) is 19.3 Å². The van der Waals surface area contributed by atoms with Gasteiger partial charge in [-0.15, -0.1) is 0 Å². The minimum atomic E-state index is 0.833. The van der Waals surface area contributed by atoms with Crippen LogP contribution in [0.1, 0.15) is 60.8 Å². The first-order chi connectivity index (χ1) is 4.96. The van der Waals surface area contributed by atoms with E-state index in [0.29, 0.717) is 0 Å². The van der Waals surface area contributed by atoms with Crippen LogP contribution in [-0.2, 0) is 0 Å². The Bertz CT molecular complexity index is 36.8. The zero-order valence-corrected chi connectivity index (χ0v) is 9.28. The largest absolute Gasteiger partial charge is 0.0630 e. The van der Waals surface area contributed by atoms with E-state index in [9.17, 15) is 0 Å². The summed E-state index contributed by atoms with van der Waals surface area (Å²) < 4.78 is 0. The summed E-state index contributed by atoms with van der Waals surface area (Å²) in [5, 5.41) is 0. The summed E-state index contributed by atoms with van der Waals surface area (Å²) in [6.07, 6.45) is 4.50. The lowest BCUT2D eigenvalue weighted by Crippen LogP contribution is -1.66. The summed E-state index contributed by atoms with van der Waals surface area (Å²) in [6, 6.07) is 0. The lowest BCUT2D eigenvalue weighted by atomic mass is 10.3. The standard InChI is InChI=1S/2C4H10.C3H6/c2*1-4(2)3;1-2-3-1/h2*4H,1-3H3;1-3H2. The third-order valence-corrected chi connectivity index (χ3v) is 0.354. The van der Waals surface area contributed by atoms with E-state index in [1.54, 1.807) is 0 Å². The highest BCUT2D eigenvalue weighted by Crippen LogP contribution is 2.14. The smallest absolute Gasteiger partial charge is 0.0500 e. The minimum absolute atomic E-state index is 0.833. The molecule has 0 amide bonds. The van der Waals surface area contributed by atoms with E-state index in [2.05, 4.69) is 41.5 Å². The van der Waals surface area contributed by atoms with E-state index in [0.717, 1.165) is 11.8 Å². The number of hydrogen-bond acceptors (Lipinski definition) is 0. The van der Waals surface area contributed by atoms with Crippen molar-refractivity contribution in [1.82, 2.24) is 0 Å². The molecule has 0 saturated heterocycles. The highest BCUT2D eigenvalue weighted by Gasteiger charge is 1.95. The Hall–Kier alpha value is 0. The zero-order chi connectivity index (χ0) is 9.28. The average molecular weight is 158 g/mol. The van der Waals surface area contributed by atoms with E-state index in [4.69, 9.17) is 0 Å². The topological polar surface area (TPSA) is 0 Å². The van der Waals surface area contributed by atoms with Gasteiger partial charge in [0.15, 0.2) is 0 Å². The number of rotatable bonds is 0. The molecule has 0 unspecified atom stereocenters. The lowest BCUT2D eigenvalue weighted by Gasteiger charge is -1.79. The second-order valence-electron chi connectivity index (χ2n) is 4.52. The maximum Gasteiger partial charge on any atom is -0.0500 e. The average Bonchev–Trinajstić information content (AvgIpc) is 2.36. The molecule has 70 valence electrons. The van der Waals surface area contributed by atoms with Crippen LogP contribution < -0.4 is 0 Å². The van der Waals surface area contributed by atoms with Gasteiger partial charge in [-0.2, -0.15) is 0 Å². The van der Waals surface area contributed by atoms with E-state index < -0.39 is 0 Å². The Labute approximate surface area is 73.4 Å². The van der Waals surface area contributed by atoms with Crippen LogP contribution in [0, 0.1) is 11.8 Å². The first kappa shape index (κ1) is 13.6. The molecule has 0 heteroatoms. The van der Waals surface area contributed by atoms with Crippen LogP contribution in [0.15, 0.2) is 0 Å². The molecule has 11 heavy (non-hydrogen) atoms. The van der Waals surface area contributed by atoms with Gasteiger partial charge < -0.3 is 0 Å². The highest BCUT2D eigenvalue weighted by atomic mass is 14.0. The van der Waals surface area contributed by atoms with Gasteiger partial charge in [0.05, 0.1) is 0 Å². The summed E-state index contributed by atoms with van der Waals surface area (Å²) in [4.78, 5) is 0. The van der Waals surface area contributed by atoms with Crippen molar-refractivity contribution in [3.05, 3.63) is 0 Å². The molecule has 1 rings (SSSR count). The van der Waals surface area contributed by atoms with Gasteiger partial charge in [0, 0.05) is 0 Å². The van der Waals surface area contributed by atoms with Crippen molar-refractivity contribution in [2.24, 2.45) is 11.8 Å². The predicted molar refractivity (Wildman–Crippen MR) is 54.9 cm³/mol. The molecule has 0 heterocycles. The molecule has 1 aliphatic carbocycles. The first-order valence-corrected chi connectivity index (χ1v) is 4.96. The molecule has 0 bridgehead atoms. The van der Waals surface area contributed by atoms with Crippen LogP contribution in [0.5, 0.6) is 0 Å². The summed E-state index contributed by atoms with van der Waals surface area (Å²) in [5.41, 5.74) is 0. The zero-order valence-electron chi connectivity index (χ0n) is 9.28. The molecular weight excluding hydrogens is 132 g/mol. The van der Waals surface area contributed by atoms with Crippen LogP contribution in [-0.4, -0.2) is 0 Å². The minimum Gasteiger partial charge on any atom is -0.0630 e. The Morgan fingerprint density at radius 2 is 0.636 bits per heavy atom. The molecule has 0 nitrogen and oxygen atoms in total. The second-order valence-corrected chi connectivity index (χ2v) is 4.52. The summed E-state index contributed by atoms with van der Waals surface area (Å²) in [6.45, 7) is 13.0. The Kier molecular flexibility index (Phi) is 12.3. The van der Waals surface area contributed by atoms with Gasteiger partial charge in [0.1, 0.15) is 0 Å².